The van der Waals surface area contributed by atoms with Crippen LogP contribution in [0.5, 0.6) is 0 Å². The van der Waals surface area contributed by atoms with Gasteiger partial charge in [-0.1, -0.05) is 24.3 Å². The SMILES string of the molecule is Cc1cccc(N2C(=O)[C@H]3[C@H]4C=C[C@@](CO)(O4)[C@H]3C2=O)c1. The molecule has 0 aromatic heterocycles. The number of carbonyl (C=O) groups is 2. The zero-order chi connectivity index (χ0) is 14.8. The van der Waals surface area contributed by atoms with E-state index < -0.39 is 23.5 Å². The number of nitrogens with zero attached hydrogens (tertiary/aromatic N) is 1. The molecule has 21 heavy (non-hydrogen) atoms. The summed E-state index contributed by atoms with van der Waals surface area (Å²) in [6, 6.07) is 7.31. The highest BCUT2D eigenvalue weighted by atomic mass is 16.5. The third kappa shape index (κ3) is 1.47. The molecule has 2 amide bonds. The summed E-state index contributed by atoms with van der Waals surface area (Å²) in [5.74, 6) is -1.66. The van der Waals surface area contributed by atoms with Gasteiger partial charge in [-0.25, -0.2) is 4.90 Å². The number of benzene rings is 1. The van der Waals surface area contributed by atoms with Crippen molar-refractivity contribution in [2.75, 3.05) is 11.5 Å². The first-order chi connectivity index (χ1) is 10.1. The Balaban J connectivity index is 1.79. The first-order valence-electron chi connectivity index (χ1n) is 7.00. The van der Waals surface area contributed by atoms with Crippen LogP contribution in [-0.4, -0.2) is 35.2 Å². The first-order valence-corrected chi connectivity index (χ1v) is 7.00. The Morgan fingerprint density at radius 1 is 1.33 bits per heavy atom. The van der Waals surface area contributed by atoms with Crippen LogP contribution in [0, 0.1) is 18.8 Å². The van der Waals surface area contributed by atoms with Gasteiger partial charge in [-0.3, -0.25) is 9.59 Å². The van der Waals surface area contributed by atoms with E-state index in [1.165, 1.54) is 4.90 Å². The lowest BCUT2D eigenvalue weighted by molar-refractivity contribution is -0.128. The minimum atomic E-state index is -1.03. The second-order valence-corrected chi connectivity index (χ2v) is 5.91. The van der Waals surface area contributed by atoms with Gasteiger partial charge in [0, 0.05) is 0 Å². The van der Waals surface area contributed by atoms with Crippen molar-refractivity contribution in [3.05, 3.63) is 42.0 Å². The molecule has 0 unspecified atom stereocenters. The average molecular weight is 285 g/mol. The molecule has 4 atom stereocenters. The molecular formula is C16H15NO4. The van der Waals surface area contributed by atoms with Crippen LogP contribution in [0.2, 0.25) is 0 Å². The van der Waals surface area contributed by atoms with Gasteiger partial charge in [-0.05, 0) is 24.6 Å². The summed E-state index contributed by atoms with van der Waals surface area (Å²) in [5, 5.41) is 9.64. The summed E-state index contributed by atoms with van der Waals surface area (Å²) in [5.41, 5.74) is 0.548. The third-order valence-electron chi connectivity index (χ3n) is 4.66. The van der Waals surface area contributed by atoms with E-state index in [9.17, 15) is 14.7 Å². The fraction of sp³-hybridized carbons (Fsp3) is 0.375. The van der Waals surface area contributed by atoms with Crippen molar-refractivity contribution in [1.29, 1.82) is 0 Å². The lowest BCUT2D eigenvalue weighted by Crippen LogP contribution is -2.43. The Kier molecular flexibility index (Phi) is 2.44. The van der Waals surface area contributed by atoms with Crippen molar-refractivity contribution in [3.63, 3.8) is 0 Å². The number of carbonyl (C=O) groups excluding carboxylic acids is 2. The number of anilines is 1. The number of fused-ring (bicyclic) bond motifs is 5. The van der Waals surface area contributed by atoms with Crippen molar-refractivity contribution in [2.45, 2.75) is 18.6 Å². The monoisotopic (exact) mass is 285 g/mol. The summed E-state index contributed by atoms with van der Waals surface area (Å²) in [4.78, 5) is 26.7. The van der Waals surface area contributed by atoms with E-state index in [2.05, 4.69) is 0 Å². The number of aliphatic hydroxyl groups is 1. The number of ether oxygens (including phenoxy) is 1. The predicted octanol–water partition coefficient (Wildman–Crippen LogP) is 0.800. The molecule has 0 radical (unpaired) electrons. The number of amides is 2. The maximum atomic E-state index is 12.7. The number of hydrogen-bond acceptors (Lipinski definition) is 4. The summed E-state index contributed by atoms with van der Waals surface area (Å²) in [6.07, 6.45) is 3.10. The lowest BCUT2D eigenvalue weighted by atomic mass is 9.77. The van der Waals surface area contributed by atoms with Gasteiger partial charge in [-0.2, -0.15) is 0 Å². The fourth-order valence-electron chi connectivity index (χ4n) is 3.71. The second kappa shape index (κ2) is 4.02. The van der Waals surface area contributed by atoms with Crippen LogP contribution in [0.1, 0.15) is 5.56 Å². The number of aryl methyl sites for hydroxylation is 1. The van der Waals surface area contributed by atoms with Gasteiger partial charge >= 0.3 is 0 Å². The molecule has 3 heterocycles. The van der Waals surface area contributed by atoms with Gasteiger partial charge in [0.2, 0.25) is 11.8 Å². The molecular weight excluding hydrogens is 270 g/mol. The van der Waals surface area contributed by atoms with Gasteiger partial charge in [0.15, 0.2) is 0 Å². The van der Waals surface area contributed by atoms with Crippen LogP contribution in [0.25, 0.3) is 0 Å². The molecule has 2 bridgehead atoms. The maximum absolute atomic E-state index is 12.7. The first kappa shape index (κ1) is 12.7. The number of hydrogen-bond donors (Lipinski definition) is 1. The Morgan fingerprint density at radius 2 is 2.14 bits per heavy atom. The Hall–Kier alpha value is -1.98. The molecule has 0 saturated carbocycles. The van der Waals surface area contributed by atoms with Gasteiger partial charge in [0.1, 0.15) is 5.60 Å². The smallest absolute Gasteiger partial charge is 0.241 e. The molecule has 3 aliphatic heterocycles. The van der Waals surface area contributed by atoms with Gasteiger partial charge in [-0.15, -0.1) is 0 Å². The summed E-state index contributed by atoms with van der Waals surface area (Å²) >= 11 is 0. The van der Waals surface area contributed by atoms with Crippen LogP contribution < -0.4 is 4.90 Å². The van der Waals surface area contributed by atoms with Gasteiger partial charge < -0.3 is 9.84 Å². The molecule has 5 heteroatoms. The van der Waals surface area contributed by atoms with Crippen molar-refractivity contribution in [1.82, 2.24) is 0 Å². The van der Waals surface area contributed by atoms with Gasteiger partial charge in [0.05, 0.1) is 30.2 Å². The topological polar surface area (TPSA) is 66.8 Å². The van der Waals surface area contributed by atoms with Crippen LogP contribution >= 0.6 is 0 Å². The molecule has 2 fully saturated rings. The maximum Gasteiger partial charge on any atom is 0.241 e. The zero-order valence-corrected chi connectivity index (χ0v) is 11.5. The summed E-state index contributed by atoms with van der Waals surface area (Å²) in [6.45, 7) is 1.63. The Morgan fingerprint density at radius 3 is 2.86 bits per heavy atom. The normalized spacial score (nSPS) is 36.7. The van der Waals surface area contributed by atoms with Crippen LogP contribution in [-0.2, 0) is 14.3 Å². The van der Waals surface area contributed by atoms with Gasteiger partial charge in [0.25, 0.3) is 0 Å². The molecule has 1 aromatic rings. The quantitative estimate of drug-likeness (QED) is 0.645. The summed E-state index contributed by atoms with van der Waals surface area (Å²) < 4.78 is 5.70. The zero-order valence-electron chi connectivity index (χ0n) is 11.5. The van der Waals surface area contributed by atoms with E-state index in [-0.39, 0.29) is 18.4 Å². The predicted molar refractivity (Wildman–Crippen MR) is 74.5 cm³/mol. The molecule has 5 nitrogen and oxygen atoms in total. The highest BCUT2D eigenvalue weighted by molar-refractivity contribution is 6.23. The summed E-state index contributed by atoms with van der Waals surface area (Å²) in [7, 11) is 0. The van der Waals surface area contributed by atoms with Crippen molar-refractivity contribution >= 4 is 17.5 Å². The standard InChI is InChI=1S/C16H15NO4/c1-9-3-2-4-10(7-9)17-14(19)12-11-5-6-16(8-18,21-11)13(12)15(17)20/h2-7,11-13,18H,8H2,1H3/t11-,12+,13-,16+/m1/s1. The lowest BCUT2D eigenvalue weighted by Gasteiger charge is -2.26. The average Bonchev–Trinajstić information content (AvgIpc) is 3.10. The van der Waals surface area contributed by atoms with Crippen LogP contribution in [0.3, 0.4) is 0 Å². The highest BCUT2D eigenvalue weighted by Gasteiger charge is 2.67. The molecule has 1 N–H and O–H groups in total. The largest absolute Gasteiger partial charge is 0.393 e. The third-order valence-corrected chi connectivity index (χ3v) is 4.66. The van der Waals surface area contributed by atoms with E-state index in [4.69, 9.17) is 4.74 Å². The van der Waals surface area contributed by atoms with Crippen molar-refractivity contribution in [3.8, 4) is 0 Å². The highest BCUT2D eigenvalue weighted by Crippen LogP contribution is 2.52. The molecule has 1 aromatic carbocycles. The van der Waals surface area contributed by atoms with E-state index in [1.54, 1.807) is 18.2 Å². The van der Waals surface area contributed by atoms with E-state index in [0.717, 1.165) is 5.56 Å². The van der Waals surface area contributed by atoms with E-state index in [1.807, 2.05) is 25.1 Å². The molecule has 0 spiro atoms. The Bertz CT molecular complexity index is 683. The molecule has 2 saturated heterocycles. The minimum Gasteiger partial charge on any atom is -0.393 e. The van der Waals surface area contributed by atoms with E-state index >= 15 is 0 Å². The molecule has 0 aliphatic carbocycles. The minimum absolute atomic E-state index is 0.236. The molecule has 3 aliphatic rings. The molecule has 4 rings (SSSR count). The van der Waals surface area contributed by atoms with Crippen molar-refractivity contribution < 1.29 is 19.4 Å². The van der Waals surface area contributed by atoms with Crippen LogP contribution in [0.15, 0.2) is 36.4 Å². The fourth-order valence-corrected chi connectivity index (χ4v) is 3.71. The van der Waals surface area contributed by atoms with Crippen LogP contribution in [0.4, 0.5) is 5.69 Å². The second-order valence-electron chi connectivity index (χ2n) is 5.91. The number of aliphatic hydroxyl groups excluding tert-OH is 1. The number of rotatable bonds is 2. The van der Waals surface area contributed by atoms with Crippen molar-refractivity contribution in [2.24, 2.45) is 11.8 Å². The van der Waals surface area contributed by atoms with E-state index in [0.29, 0.717) is 5.69 Å². The molecule has 108 valence electrons. The number of imide groups is 1. The Labute approximate surface area is 121 Å².